The first-order valence-corrected chi connectivity index (χ1v) is 7.52. The van der Waals surface area contributed by atoms with Gasteiger partial charge in [-0.25, -0.2) is 4.39 Å². The summed E-state index contributed by atoms with van der Waals surface area (Å²) in [6.07, 6.45) is 23.0. The van der Waals surface area contributed by atoms with Crippen LogP contribution in [0.5, 0.6) is 0 Å². The summed E-state index contributed by atoms with van der Waals surface area (Å²) in [4.78, 5) is 0. The van der Waals surface area contributed by atoms with Crippen molar-refractivity contribution >= 4 is 5.57 Å². The topological polar surface area (TPSA) is 26.9 Å². The summed E-state index contributed by atoms with van der Waals surface area (Å²) in [7, 11) is 0. The molecule has 0 aliphatic heterocycles. The Morgan fingerprint density at radius 3 is 2.48 bits per heavy atom. The molecule has 0 atom stereocenters. The van der Waals surface area contributed by atoms with Gasteiger partial charge in [0.15, 0.2) is 5.82 Å². The van der Waals surface area contributed by atoms with Gasteiger partial charge in [0.25, 0.3) is 0 Å². The van der Waals surface area contributed by atoms with Gasteiger partial charge in [0, 0.05) is 11.6 Å². The second kappa shape index (κ2) is 11.0. The zero-order valence-corrected chi connectivity index (χ0v) is 13.5. The number of halogens is 1. The zero-order valence-electron chi connectivity index (χ0n) is 13.5. The van der Waals surface area contributed by atoms with Crippen LogP contribution in [-0.2, 0) is 0 Å². The second-order valence-corrected chi connectivity index (χ2v) is 4.68. The highest BCUT2D eigenvalue weighted by Crippen LogP contribution is 2.12. The van der Waals surface area contributed by atoms with Gasteiger partial charge in [-0.15, -0.1) is 0 Å². The monoisotopic (exact) mass is 311 g/mol. The molecule has 2 nitrogen and oxygen atoms in total. The van der Waals surface area contributed by atoms with Crippen molar-refractivity contribution in [3.05, 3.63) is 102 Å². The van der Waals surface area contributed by atoms with Crippen LogP contribution in [0.1, 0.15) is 26.0 Å². The Kier molecular flexibility index (Phi) is 8.76. The van der Waals surface area contributed by atoms with Crippen LogP contribution < -0.4 is 4.73 Å². The van der Waals surface area contributed by atoms with Crippen LogP contribution in [0.15, 0.2) is 85.2 Å². The van der Waals surface area contributed by atoms with Gasteiger partial charge in [-0.05, 0) is 32.4 Å². The smallest absolute Gasteiger partial charge is 0.223 e. The van der Waals surface area contributed by atoms with E-state index in [0.29, 0.717) is 10.4 Å². The molecule has 1 aromatic rings. The fourth-order valence-corrected chi connectivity index (χ4v) is 1.81. The predicted octanol–water partition coefficient (Wildman–Crippen LogP) is 5.05. The summed E-state index contributed by atoms with van der Waals surface area (Å²) in [5.74, 6) is -0.546. The number of hydrogen-bond acceptors (Lipinski definition) is 1. The van der Waals surface area contributed by atoms with Crippen molar-refractivity contribution in [2.45, 2.75) is 20.3 Å². The number of rotatable bonds is 7. The molecule has 0 saturated heterocycles. The third-order valence-electron chi connectivity index (χ3n) is 2.87. The van der Waals surface area contributed by atoms with E-state index in [4.69, 9.17) is 0 Å². The Bertz CT molecular complexity index is 664. The van der Waals surface area contributed by atoms with Crippen molar-refractivity contribution in [3.8, 4) is 0 Å². The molecule has 120 valence electrons. The first kappa shape index (κ1) is 18.4. The summed E-state index contributed by atoms with van der Waals surface area (Å²) < 4.78 is 13.6. The third kappa shape index (κ3) is 7.23. The van der Waals surface area contributed by atoms with Crippen LogP contribution >= 0.6 is 0 Å². The normalized spacial score (nSPS) is 13.6. The highest BCUT2D eigenvalue weighted by Gasteiger charge is 2.09. The van der Waals surface area contributed by atoms with Crippen molar-refractivity contribution in [3.63, 3.8) is 0 Å². The quantitative estimate of drug-likeness (QED) is 0.393. The van der Waals surface area contributed by atoms with E-state index >= 15 is 0 Å². The predicted molar refractivity (Wildman–Crippen MR) is 95.0 cm³/mol. The number of pyridine rings is 1. The van der Waals surface area contributed by atoms with Gasteiger partial charge in [-0.1, -0.05) is 60.8 Å². The average Bonchev–Trinajstić information content (AvgIpc) is 2.52. The standard InChI is InChI=1S/C20H22FNO/c1-3-5-6-7-8-9-10-11-12-14-18(13-4-2)20-16-15-19(21)17-22(20)23/h3-9,11-17H,10H2,1-2H3/b5-3+,7-6+,9-8+,12-11+,13-4+,18-14-. The van der Waals surface area contributed by atoms with E-state index in [1.165, 1.54) is 12.1 Å². The molecule has 0 saturated carbocycles. The van der Waals surface area contributed by atoms with Crippen LogP contribution in [0, 0.1) is 11.0 Å². The molecule has 0 N–H and O–H groups in total. The fraction of sp³-hybridized carbons (Fsp3) is 0.150. The van der Waals surface area contributed by atoms with Crippen molar-refractivity contribution in [2.24, 2.45) is 0 Å². The molecule has 3 heteroatoms. The minimum Gasteiger partial charge on any atom is -0.618 e. The Labute approximate surface area is 137 Å². The maximum absolute atomic E-state index is 13.0. The first-order chi connectivity index (χ1) is 11.2. The van der Waals surface area contributed by atoms with E-state index in [9.17, 15) is 9.60 Å². The Morgan fingerprint density at radius 2 is 1.78 bits per heavy atom. The summed E-state index contributed by atoms with van der Waals surface area (Å²) in [6, 6.07) is 2.76. The minimum absolute atomic E-state index is 0.416. The lowest BCUT2D eigenvalue weighted by atomic mass is 10.1. The Hall–Kier alpha value is -2.68. The molecule has 1 aromatic heterocycles. The lowest BCUT2D eigenvalue weighted by Crippen LogP contribution is -2.31. The molecule has 0 spiro atoms. The van der Waals surface area contributed by atoms with Crippen LogP contribution in [0.25, 0.3) is 5.57 Å². The number of hydrogen-bond donors (Lipinski definition) is 0. The largest absolute Gasteiger partial charge is 0.618 e. The Morgan fingerprint density at radius 1 is 1.04 bits per heavy atom. The highest BCUT2D eigenvalue weighted by atomic mass is 19.1. The summed E-state index contributed by atoms with van der Waals surface area (Å²) in [6.45, 7) is 3.84. The van der Waals surface area contributed by atoms with E-state index in [0.717, 1.165) is 18.2 Å². The Balaban J connectivity index is 2.74. The van der Waals surface area contributed by atoms with Crippen molar-refractivity contribution < 1.29 is 9.12 Å². The van der Waals surface area contributed by atoms with Crippen LogP contribution in [0.4, 0.5) is 4.39 Å². The number of allylic oxidation sites excluding steroid dienone is 12. The SMILES string of the molecule is C/C=C/C=C/C=C/C/C=C/C=C(/C=C/C)c1ccc(F)c[n+]1[O-]. The molecule has 1 rings (SSSR count). The molecule has 0 aliphatic carbocycles. The van der Waals surface area contributed by atoms with Crippen LogP contribution in [-0.4, -0.2) is 0 Å². The number of nitrogens with zero attached hydrogens (tertiary/aromatic N) is 1. The van der Waals surface area contributed by atoms with E-state index in [2.05, 4.69) is 0 Å². The van der Waals surface area contributed by atoms with E-state index in [1.807, 2.05) is 80.7 Å². The van der Waals surface area contributed by atoms with Crippen LogP contribution in [0.2, 0.25) is 0 Å². The molecule has 1 heterocycles. The third-order valence-corrected chi connectivity index (χ3v) is 2.87. The van der Waals surface area contributed by atoms with Gasteiger partial charge in [-0.3, -0.25) is 0 Å². The molecule has 0 radical (unpaired) electrons. The van der Waals surface area contributed by atoms with Gasteiger partial charge in [0.2, 0.25) is 11.9 Å². The van der Waals surface area contributed by atoms with Gasteiger partial charge in [-0.2, -0.15) is 4.73 Å². The van der Waals surface area contributed by atoms with Crippen molar-refractivity contribution in [2.75, 3.05) is 0 Å². The molecule has 0 aliphatic rings. The van der Waals surface area contributed by atoms with Gasteiger partial charge < -0.3 is 5.21 Å². The molecule has 0 amide bonds. The van der Waals surface area contributed by atoms with Gasteiger partial charge >= 0.3 is 0 Å². The van der Waals surface area contributed by atoms with E-state index < -0.39 is 5.82 Å². The maximum atomic E-state index is 13.0. The zero-order chi connectivity index (χ0) is 16.9. The summed E-state index contributed by atoms with van der Waals surface area (Å²) >= 11 is 0. The molecule has 0 bridgehead atoms. The van der Waals surface area contributed by atoms with Crippen molar-refractivity contribution in [1.29, 1.82) is 0 Å². The lowest BCUT2D eigenvalue weighted by Gasteiger charge is -2.04. The van der Waals surface area contributed by atoms with Crippen LogP contribution in [0.3, 0.4) is 0 Å². The molecule has 23 heavy (non-hydrogen) atoms. The summed E-state index contributed by atoms with van der Waals surface area (Å²) in [5, 5.41) is 11.8. The minimum atomic E-state index is -0.546. The van der Waals surface area contributed by atoms with E-state index in [-0.39, 0.29) is 0 Å². The summed E-state index contributed by atoms with van der Waals surface area (Å²) in [5.41, 5.74) is 1.15. The molecule has 0 aromatic carbocycles. The van der Waals surface area contributed by atoms with Gasteiger partial charge in [0.05, 0.1) is 0 Å². The average molecular weight is 311 g/mol. The molecule has 0 unspecified atom stereocenters. The second-order valence-electron chi connectivity index (χ2n) is 4.68. The highest BCUT2D eigenvalue weighted by molar-refractivity contribution is 5.71. The van der Waals surface area contributed by atoms with Crippen molar-refractivity contribution in [1.82, 2.24) is 0 Å². The molecule has 0 fully saturated rings. The van der Waals surface area contributed by atoms with Gasteiger partial charge in [0.1, 0.15) is 0 Å². The lowest BCUT2D eigenvalue weighted by molar-refractivity contribution is -0.609. The maximum Gasteiger partial charge on any atom is 0.223 e. The van der Waals surface area contributed by atoms with E-state index in [1.54, 1.807) is 0 Å². The first-order valence-electron chi connectivity index (χ1n) is 7.52. The fourth-order valence-electron chi connectivity index (χ4n) is 1.81. The molecular formula is C20H22FNO. The molecular weight excluding hydrogens is 289 g/mol. The number of aromatic nitrogens is 1.